The number of fused-ring (bicyclic) bond motifs is 1. The number of benzene rings is 1. The lowest BCUT2D eigenvalue weighted by molar-refractivity contribution is -0.138. The van der Waals surface area contributed by atoms with Crippen LogP contribution in [0.1, 0.15) is 31.2 Å². The molecule has 1 aromatic carbocycles. The Hall–Kier alpha value is -1.92. The summed E-state index contributed by atoms with van der Waals surface area (Å²) in [6.07, 6.45) is 2.42. The lowest BCUT2D eigenvalue weighted by Gasteiger charge is -2.18. The molecule has 0 aliphatic carbocycles. The average molecular weight is 373 g/mol. The number of aromatic nitrogens is 2. The number of rotatable bonds is 5. The molecule has 0 amide bonds. The van der Waals surface area contributed by atoms with Crippen molar-refractivity contribution in [1.29, 1.82) is 0 Å². The monoisotopic (exact) mass is 372 g/mol. The van der Waals surface area contributed by atoms with Gasteiger partial charge in [0, 0.05) is 10.4 Å². The molecule has 2 aromatic heterocycles. The van der Waals surface area contributed by atoms with Crippen LogP contribution < -0.4 is 0 Å². The Morgan fingerprint density at radius 1 is 1.24 bits per heavy atom. The van der Waals surface area contributed by atoms with Crippen LogP contribution >= 0.6 is 23.1 Å². The molecular weight excluding hydrogens is 352 g/mol. The van der Waals surface area contributed by atoms with Crippen LogP contribution in [0.4, 0.5) is 0 Å². The molecule has 0 atom stereocenters. The van der Waals surface area contributed by atoms with E-state index in [1.165, 1.54) is 28.5 Å². The smallest absolute Gasteiger partial charge is 0.319 e. The fourth-order valence-corrected chi connectivity index (χ4v) is 4.73. The van der Waals surface area contributed by atoms with E-state index in [1.807, 2.05) is 0 Å². The van der Waals surface area contributed by atoms with Crippen molar-refractivity contribution in [1.82, 2.24) is 9.97 Å². The highest BCUT2D eigenvalue weighted by molar-refractivity contribution is 8.01. The number of carboxylic acids is 1. The molecule has 130 valence electrons. The second-order valence-electron chi connectivity index (χ2n) is 6.40. The van der Waals surface area contributed by atoms with Gasteiger partial charge in [0.2, 0.25) is 0 Å². The van der Waals surface area contributed by atoms with Crippen LogP contribution in [0.5, 0.6) is 0 Å². The maximum absolute atomic E-state index is 11.6. The van der Waals surface area contributed by atoms with Gasteiger partial charge in [0.05, 0.1) is 5.39 Å². The van der Waals surface area contributed by atoms with Crippen LogP contribution in [-0.2, 0) is 11.2 Å². The summed E-state index contributed by atoms with van der Waals surface area (Å²) in [6, 6.07) is 8.41. The number of hydrogen-bond donors (Lipinski definition) is 1. The number of aliphatic carboxylic acids is 1. The third-order valence-electron chi connectivity index (χ3n) is 4.05. The van der Waals surface area contributed by atoms with Crippen molar-refractivity contribution >= 4 is 39.3 Å². The summed E-state index contributed by atoms with van der Waals surface area (Å²) in [5.74, 6) is -0.855. The van der Waals surface area contributed by atoms with Crippen LogP contribution in [0, 0.1) is 6.92 Å². The Morgan fingerprint density at radius 3 is 2.52 bits per heavy atom. The number of thiophene rings is 1. The molecule has 0 saturated carbocycles. The predicted molar refractivity (Wildman–Crippen MR) is 105 cm³/mol. The molecule has 0 radical (unpaired) electrons. The molecule has 0 aliphatic rings. The summed E-state index contributed by atoms with van der Waals surface area (Å²) in [5, 5.41) is 11.2. The van der Waals surface area contributed by atoms with Gasteiger partial charge in [-0.2, -0.15) is 0 Å². The lowest BCUT2D eigenvalue weighted by atomic mass is 10.0. The Bertz CT molecular complexity index is 930. The quantitative estimate of drug-likeness (QED) is 0.493. The van der Waals surface area contributed by atoms with Gasteiger partial charge in [-0.3, -0.25) is 4.79 Å². The zero-order chi connectivity index (χ0) is 18.2. The van der Waals surface area contributed by atoms with Gasteiger partial charge in [-0.05, 0) is 32.8 Å². The molecule has 3 aromatic rings. The average Bonchev–Trinajstić information content (AvgIpc) is 2.95. The molecule has 0 spiro atoms. The van der Waals surface area contributed by atoms with Gasteiger partial charge in [-0.25, -0.2) is 9.97 Å². The van der Waals surface area contributed by atoms with Crippen molar-refractivity contribution in [3.8, 4) is 11.1 Å². The first-order valence-corrected chi connectivity index (χ1v) is 9.72. The molecule has 0 unspecified atom stereocenters. The highest BCUT2D eigenvalue weighted by atomic mass is 32.2. The first kappa shape index (κ1) is 17.9. The fourth-order valence-electron chi connectivity index (χ4n) is 2.59. The van der Waals surface area contributed by atoms with Crippen molar-refractivity contribution in [2.24, 2.45) is 0 Å². The zero-order valence-corrected chi connectivity index (χ0v) is 16.3. The molecule has 25 heavy (non-hydrogen) atoms. The molecule has 2 heterocycles. The van der Waals surface area contributed by atoms with E-state index in [2.05, 4.69) is 48.1 Å². The van der Waals surface area contributed by atoms with Gasteiger partial charge in [0.15, 0.2) is 0 Å². The van der Waals surface area contributed by atoms with Crippen molar-refractivity contribution in [3.63, 3.8) is 0 Å². The van der Waals surface area contributed by atoms with Crippen LogP contribution in [0.3, 0.4) is 0 Å². The van der Waals surface area contributed by atoms with Crippen LogP contribution in [0.2, 0.25) is 0 Å². The van der Waals surface area contributed by atoms with E-state index < -0.39 is 10.7 Å². The Morgan fingerprint density at radius 2 is 1.92 bits per heavy atom. The van der Waals surface area contributed by atoms with Crippen LogP contribution in [0.25, 0.3) is 21.3 Å². The van der Waals surface area contributed by atoms with E-state index in [0.717, 1.165) is 32.8 Å². The largest absolute Gasteiger partial charge is 0.480 e. The van der Waals surface area contributed by atoms with Crippen molar-refractivity contribution < 1.29 is 9.90 Å². The molecule has 4 nitrogen and oxygen atoms in total. The second-order valence-corrected chi connectivity index (χ2v) is 9.09. The maximum Gasteiger partial charge on any atom is 0.319 e. The highest BCUT2D eigenvalue weighted by Crippen LogP contribution is 2.44. The Kier molecular flexibility index (Phi) is 4.84. The number of hydrogen-bond acceptors (Lipinski definition) is 5. The summed E-state index contributed by atoms with van der Waals surface area (Å²) in [7, 11) is 0. The molecule has 0 aliphatic heterocycles. The number of carboxylic acid groups (broad SMARTS) is 1. The summed E-state index contributed by atoms with van der Waals surface area (Å²) >= 11 is 2.93. The molecule has 0 bridgehead atoms. The van der Waals surface area contributed by atoms with E-state index in [4.69, 9.17) is 0 Å². The van der Waals surface area contributed by atoms with Crippen LogP contribution in [0.15, 0.2) is 35.6 Å². The van der Waals surface area contributed by atoms with Gasteiger partial charge in [-0.1, -0.05) is 48.5 Å². The minimum atomic E-state index is -0.958. The molecule has 0 fully saturated rings. The highest BCUT2D eigenvalue weighted by Gasteiger charge is 2.31. The normalized spacial score (nSPS) is 11.8. The number of aryl methyl sites for hydroxylation is 2. The third-order valence-corrected chi connectivity index (χ3v) is 6.48. The van der Waals surface area contributed by atoms with Crippen molar-refractivity contribution in [2.75, 3.05) is 0 Å². The number of thioether (sulfide) groups is 1. The van der Waals surface area contributed by atoms with E-state index in [0.29, 0.717) is 0 Å². The van der Waals surface area contributed by atoms with Gasteiger partial charge in [0.25, 0.3) is 0 Å². The van der Waals surface area contributed by atoms with E-state index >= 15 is 0 Å². The predicted octanol–water partition coefficient (Wildman–Crippen LogP) is 5.18. The van der Waals surface area contributed by atoms with Crippen LogP contribution in [-0.4, -0.2) is 25.8 Å². The first-order chi connectivity index (χ1) is 11.8. The van der Waals surface area contributed by atoms with Crippen molar-refractivity contribution in [2.45, 2.75) is 43.9 Å². The van der Waals surface area contributed by atoms with Crippen molar-refractivity contribution in [3.05, 3.63) is 41.0 Å². The lowest BCUT2D eigenvalue weighted by Crippen LogP contribution is -2.27. The SMILES string of the molecule is CCc1sc2ncnc(SC(C)(C)C(=O)O)c2c1-c1ccc(C)cc1. The third kappa shape index (κ3) is 3.41. The minimum Gasteiger partial charge on any atom is -0.480 e. The van der Waals surface area contributed by atoms with E-state index in [1.54, 1.807) is 25.2 Å². The molecule has 3 rings (SSSR count). The topological polar surface area (TPSA) is 63.1 Å². The fraction of sp³-hybridized carbons (Fsp3) is 0.316. The number of nitrogens with zero attached hydrogens (tertiary/aromatic N) is 2. The number of carbonyl (C=O) groups is 1. The van der Waals surface area contributed by atoms with Gasteiger partial charge < -0.3 is 5.11 Å². The summed E-state index contributed by atoms with van der Waals surface area (Å²) < 4.78 is -0.958. The Balaban J connectivity index is 2.25. The van der Waals surface area contributed by atoms with E-state index in [9.17, 15) is 9.90 Å². The minimum absolute atomic E-state index is 0.726. The van der Waals surface area contributed by atoms with Gasteiger partial charge in [-0.15, -0.1) is 11.3 Å². The summed E-state index contributed by atoms with van der Waals surface area (Å²) in [5.41, 5.74) is 3.46. The Labute approximate surface area is 155 Å². The molecule has 0 saturated heterocycles. The molecular formula is C19H20N2O2S2. The van der Waals surface area contributed by atoms with Gasteiger partial charge in [0.1, 0.15) is 20.9 Å². The first-order valence-electron chi connectivity index (χ1n) is 8.09. The molecule has 1 N–H and O–H groups in total. The van der Waals surface area contributed by atoms with Gasteiger partial charge >= 0.3 is 5.97 Å². The zero-order valence-electron chi connectivity index (χ0n) is 14.7. The molecule has 6 heteroatoms. The maximum atomic E-state index is 11.6. The van der Waals surface area contributed by atoms with E-state index in [-0.39, 0.29) is 0 Å². The standard InChI is InChI=1S/C19H20N2O2S2/c1-5-13-14(12-8-6-11(2)7-9-12)15-16(24-13)20-10-21-17(15)25-19(3,4)18(22)23/h6-10H,5H2,1-4H3,(H,22,23). The summed E-state index contributed by atoms with van der Waals surface area (Å²) in [6.45, 7) is 7.60. The second kappa shape index (κ2) is 6.77. The summed E-state index contributed by atoms with van der Waals surface area (Å²) in [4.78, 5) is 22.6.